The number of nitrogens with zero attached hydrogens (tertiary/aromatic N) is 3. The van der Waals surface area contributed by atoms with Crippen LogP contribution in [0.5, 0.6) is 0 Å². The van der Waals surface area contributed by atoms with Crippen molar-refractivity contribution in [2.75, 3.05) is 39.4 Å². The third-order valence-electron chi connectivity index (χ3n) is 5.56. The highest BCUT2D eigenvalue weighted by molar-refractivity contribution is 9.10. The molecule has 0 saturated carbocycles. The molecule has 4 rings (SSSR count). The minimum absolute atomic E-state index is 0.0310. The second-order valence-corrected chi connectivity index (χ2v) is 8.53. The molecule has 30 heavy (non-hydrogen) atoms. The summed E-state index contributed by atoms with van der Waals surface area (Å²) in [5.41, 5.74) is 2.46. The summed E-state index contributed by atoms with van der Waals surface area (Å²) in [7, 11) is 0. The van der Waals surface area contributed by atoms with Crippen molar-refractivity contribution in [3.8, 4) is 0 Å². The number of aryl methyl sites for hydroxylation is 1. The summed E-state index contributed by atoms with van der Waals surface area (Å²) in [5.74, 6) is 0.0410. The maximum absolute atomic E-state index is 13.0. The standard InChI is InChI=1S/C22H27BrN4O3/c23-17-6-7-18-20(16-17)27(22(29)19-4-1-10-26(18)19)11-2-5-21(28)24-8-3-9-25-12-14-30-15-13-25/h1,4,6-7,10,16H,2-3,5,8-9,11-15H2,(H,24,28). The van der Waals surface area contributed by atoms with Crippen LogP contribution in [0.25, 0.3) is 16.6 Å². The van der Waals surface area contributed by atoms with Gasteiger partial charge in [-0.3, -0.25) is 14.5 Å². The van der Waals surface area contributed by atoms with E-state index in [9.17, 15) is 9.59 Å². The number of morpholine rings is 1. The lowest BCUT2D eigenvalue weighted by molar-refractivity contribution is -0.121. The number of fused-ring (bicyclic) bond motifs is 3. The Bertz CT molecular complexity index is 1090. The summed E-state index contributed by atoms with van der Waals surface area (Å²) in [5, 5.41) is 3.00. The predicted octanol–water partition coefficient (Wildman–Crippen LogP) is 2.64. The molecule has 1 N–H and O–H groups in total. The smallest absolute Gasteiger partial charge is 0.275 e. The molecule has 0 radical (unpaired) electrons. The van der Waals surface area contributed by atoms with Crippen LogP contribution in [0.15, 0.2) is 45.8 Å². The monoisotopic (exact) mass is 474 g/mol. The Hall–Kier alpha value is -2.16. The lowest BCUT2D eigenvalue weighted by Gasteiger charge is -2.26. The maximum atomic E-state index is 13.0. The van der Waals surface area contributed by atoms with Gasteiger partial charge >= 0.3 is 0 Å². The Labute approximate surface area is 183 Å². The molecule has 2 aromatic heterocycles. The molecule has 0 bridgehead atoms. The maximum Gasteiger partial charge on any atom is 0.275 e. The van der Waals surface area contributed by atoms with Gasteiger partial charge in [0.15, 0.2) is 0 Å². The second kappa shape index (κ2) is 9.76. The fraction of sp³-hybridized carbons (Fsp3) is 0.455. The third kappa shape index (κ3) is 4.77. The summed E-state index contributed by atoms with van der Waals surface area (Å²) in [6.07, 6.45) is 3.87. The second-order valence-electron chi connectivity index (χ2n) is 7.61. The highest BCUT2D eigenvalue weighted by Gasteiger charge is 2.12. The molecular formula is C22H27BrN4O3. The number of benzene rings is 1. The summed E-state index contributed by atoms with van der Waals surface area (Å²) in [4.78, 5) is 27.5. The lowest BCUT2D eigenvalue weighted by Crippen LogP contribution is -2.38. The van der Waals surface area contributed by atoms with Gasteiger partial charge in [0.05, 0.1) is 24.2 Å². The van der Waals surface area contributed by atoms with E-state index in [-0.39, 0.29) is 11.5 Å². The van der Waals surface area contributed by atoms with Gasteiger partial charge in [0.2, 0.25) is 5.91 Å². The molecule has 0 atom stereocenters. The first-order valence-electron chi connectivity index (χ1n) is 10.5. The van der Waals surface area contributed by atoms with Gasteiger partial charge in [-0.05, 0) is 49.7 Å². The van der Waals surface area contributed by atoms with E-state index in [1.165, 1.54) is 0 Å². The van der Waals surface area contributed by atoms with Crippen LogP contribution in [0, 0.1) is 0 Å². The molecular weight excluding hydrogens is 448 g/mol. The van der Waals surface area contributed by atoms with Crippen LogP contribution in [0.2, 0.25) is 0 Å². The molecule has 0 unspecified atom stereocenters. The fourth-order valence-electron chi connectivity index (χ4n) is 3.99. The number of halogens is 1. The van der Waals surface area contributed by atoms with Crippen LogP contribution in [0.3, 0.4) is 0 Å². The number of amides is 1. The van der Waals surface area contributed by atoms with Crippen LogP contribution in [0.1, 0.15) is 19.3 Å². The van der Waals surface area contributed by atoms with Crippen LogP contribution < -0.4 is 10.9 Å². The number of rotatable bonds is 8. The van der Waals surface area contributed by atoms with Gasteiger partial charge in [-0.25, -0.2) is 0 Å². The number of nitrogens with one attached hydrogen (secondary N) is 1. The molecule has 7 nitrogen and oxygen atoms in total. The Balaban J connectivity index is 1.33. The van der Waals surface area contributed by atoms with Crippen molar-refractivity contribution in [3.05, 3.63) is 51.4 Å². The van der Waals surface area contributed by atoms with E-state index < -0.39 is 0 Å². The van der Waals surface area contributed by atoms with Gasteiger partial charge < -0.3 is 19.0 Å². The third-order valence-corrected chi connectivity index (χ3v) is 6.06. The van der Waals surface area contributed by atoms with E-state index in [0.717, 1.165) is 54.8 Å². The van der Waals surface area contributed by atoms with Gasteiger partial charge in [-0.1, -0.05) is 15.9 Å². The van der Waals surface area contributed by atoms with Crippen molar-refractivity contribution in [1.82, 2.24) is 19.2 Å². The van der Waals surface area contributed by atoms with Crippen LogP contribution in [0.4, 0.5) is 0 Å². The van der Waals surface area contributed by atoms with Crippen molar-refractivity contribution >= 4 is 38.4 Å². The molecule has 3 heterocycles. The van der Waals surface area contributed by atoms with Crippen molar-refractivity contribution < 1.29 is 9.53 Å². The summed E-state index contributed by atoms with van der Waals surface area (Å²) >= 11 is 3.50. The molecule has 8 heteroatoms. The molecule has 0 aliphatic carbocycles. The summed E-state index contributed by atoms with van der Waals surface area (Å²) < 4.78 is 9.97. The van der Waals surface area contributed by atoms with E-state index in [2.05, 4.69) is 26.1 Å². The number of carbonyl (C=O) groups is 1. The quantitative estimate of drug-likeness (QED) is 0.509. The SMILES string of the molecule is O=C(CCCn1c(=O)c2cccn2c2ccc(Br)cc21)NCCCN1CCOCC1. The number of hydrogen-bond acceptors (Lipinski definition) is 4. The van der Waals surface area contributed by atoms with Crippen molar-refractivity contribution in [1.29, 1.82) is 0 Å². The first-order valence-corrected chi connectivity index (χ1v) is 11.3. The molecule has 160 valence electrons. The van der Waals surface area contributed by atoms with Gasteiger partial charge in [-0.15, -0.1) is 0 Å². The van der Waals surface area contributed by atoms with Crippen LogP contribution >= 0.6 is 15.9 Å². The fourth-order valence-corrected chi connectivity index (χ4v) is 4.34. The van der Waals surface area contributed by atoms with Crippen molar-refractivity contribution in [2.24, 2.45) is 0 Å². The first-order chi connectivity index (χ1) is 14.6. The van der Waals surface area contributed by atoms with Crippen LogP contribution in [-0.2, 0) is 16.1 Å². The normalized spacial score (nSPS) is 15.1. The Morgan fingerprint density at radius 3 is 2.73 bits per heavy atom. The number of hydrogen-bond donors (Lipinski definition) is 1. The van der Waals surface area contributed by atoms with Gasteiger partial charge in [-0.2, -0.15) is 0 Å². The minimum Gasteiger partial charge on any atom is -0.379 e. The van der Waals surface area contributed by atoms with Gasteiger partial charge in [0, 0.05) is 43.3 Å². The van der Waals surface area contributed by atoms with E-state index in [0.29, 0.717) is 31.4 Å². The first kappa shape index (κ1) is 21.1. The van der Waals surface area contributed by atoms with Crippen molar-refractivity contribution in [3.63, 3.8) is 0 Å². The molecule has 1 amide bonds. The Morgan fingerprint density at radius 1 is 1.07 bits per heavy atom. The average Bonchev–Trinajstić information content (AvgIpc) is 3.24. The topological polar surface area (TPSA) is 68.0 Å². The molecule has 1 aliphatic rings. The predicted molar refractivity (Wildman–Crippen MR) is 121 cm³/mol. The van der Waals surface area contributed by atoms with E-state index in [1.807, 2.05) is 40.9 Å². The average molecular weight is 475 g/mol. The minimum atomic E-state index is -0.0310. The lowest BCUT2D eigenvalue weighted by atomic mass is 10.2. The summed E-state index contributed by atoms with van der Waals surface area (Å²) in [6.45, 7) is 5.71. The Kier molecular flexibility index (Phi) is 6.86. The molecule has 1 fully saturated rings. The van der Waals surface area contributed by atoms with Gasteiger partial charge in [0.1, 0.15) is 5.52 Å². The molecule has 0 spiro atoms. The highest BCUT2D eigenvalue weighted by atomic mass is 79.9. The van der Waals surface area contributed by atoms with E-state index >= 15 is 0 Å². The summed E-state index contributed by atoms with van der Waals surface area (Å²) in [6, 6.07) is 9.65. The zero-order valence-corrected chi connectivity index (χ0v) is 18.6. The zero-order valence-electron chi connectivity index (χ0n) is 17.0. The molecule has 1 aliphatic heterocycles. The van der Waals surface area contributed by atoms with Gasteiger partial charge in [0.25, 0.3) is 5.56 Å². The Morgan fingerprint density at radius 2 is 1.90 bits per heavy atom. The largest absolute Gasteiger partial charge is 0.379 e. The zero-order chi connectivity index (χ0) is 20.9. The molecule has 1 saturated heterocycles. The number of ether oxygens (including phenoxy) is 1. The number of carbonyl (C=O) groups excluding carboxylic acids is 1. The van der Waals surface area contributed by atoms with E-state index in [4.69, 9.17) is 4.74 Å². The van der Waals surface area contributed by atoms with E-state index in [1.54, 1.807) is 4.57 Å². The molecule has 3 aromatic rings. The number of aromatic nitrogens is 2. The highest BCUT2D eigenvalue weighted by Crippen LogP contribution is 2.20. The van der Waals surface area contributed by atoms with Crippen LogP contribution in [-0.4, -0.2) is 59.2 Å². The van der Waals surface area contributed by atoms with Crippen molar-refractivity contribution in [2.45, 2.75) is 25.8 Å². The molecule has 1 aromatic carbocycles.